The molecule has 2 heteroatoms. The topological polar surface area (TPSA) is 21.6 Å². The largest absolute Gasteiger partial charge is 0.494 e. The Morgan fingerprint density at radius 2 is 0.970 bits per heavy atom. The zero-order valence-corrected chi connectivity index (χ0v) is 22.3. The van der Waals surface area contributed by atoms with Crippen LogP contribution in [0, 0.1) is 0 Å². The predicted octanol–water partition coefficient (Wildman–Crippen LogP) is 10.3. The molecule has 0 amide bonds. The Hall–Kier alpha value is -1.31. The molecule has 0 atom stereocenters. The second-order valence-electron chi connectivity index (χ2n) is 9.82. The minimum Gasteiger partial charge on any atom is -0.494 e. The summed E-state index contributed by atoms with van der Waals surface area (Å²) in [6.07, 6.45) is 29.4. The Kier molecular flexibility index (Phi) is 21.5. The van der Waals surface area contributed by atoms with Gasteiger partial charge in [-0.15, -0.1) is 0 Å². The highest BCUT2D eigenvalue weighted by Gasteiger charge is 1.96. The molecule has 190 valence electrons. The van der Waals surface area contributed by atoms with Gasteiger partial charge in [-0.05, 0) is 42.7 Å². The lowest BCUT2D eigenvalue weighted by Crippen LogP contribution is -1.97. The number of ether oxygens (including phenoxy) is 1. The molecule has 0 fully saturated rings. The van der Waals surface area contributed by atoms with Crippen LogP contribution in [0.5, 0.6) is 5.75 Å². The molecule has 1 aromatic rings. The van der Waals surface area contributed by atoms with Crippen molar-refractivity contribution in [2.75, 3.05) is 13.2 Å². The quantitative estimate of drug-likeness (QED) is 0.112. The average molecular weight is 458 g/mol. The third-order valence-electron chi connectivity index (χ3n) is 6.53. The van der Waals surface area contributed by atoms with Crippen LogP contribution >= 0.6 is 0 Å². The van der Waals surface area contributed by atoms with Crippen molar-refractivity contribution in [3.63, 3.8) is 0 Å². The highest BCUT2D eigenvalue weighted by atomic mass is 16.5. The Bertz CT molecular complexity index is 536. The van der Waals surface area contributed by atoms with Crippen molar-refractivity contribution in [2.45, 2.75) is 142 Å². The molecule has 0 radical (unpaired) electrons. The number of hydrogen-bond donors (Lipinski definition) is 0. The first-order chi connectivity index (χ1) is 16.4. The van der Waals surface area contributed by atoms with E-state index in [1.54, 1.807) is 0 Å². The summed E-state index contributed by atoms with van der Waals surface area (Å²) in [5.41, 5.74) is 1.17. The SMILES string of the molecule is CCCCCCCCCCCCCCN=Cc1ccc(OCCCCCCCCCC)cc1. The second-order valence-corrected chi connectivity index (χ2v) is 9.82. The number of unbranched alkanes of at least 4 members (excludes halogenated alkanes) is 18. The van der Waals surface area contributed by atoms with Crippen LogP contribution in [0.1, 0.15) is 148 Å². The summed E-state index contributed by atoms with van der Waals surface area (Å²) in [6.45, 7) is 6.35. The monoisotopic (exact) mass is 457 g/mol. The fourth-order valence-corrected chi connectivity index (χ4v) is 4.29. The summed E-state index contributed by atoms with van der Waals surface area (Å²) in [5.74, 6) is 0.982. The van der Waals surface area contributed by atoms with E-state index in [0.717, 1.165) is 25.3 Å². The highest BCUT2D eigenvalue weighted by Crippen LogP contribution is 2.14. The molecule has 0 unspecified atom stereocenters. The van der Waals surface area contributed by atoms with E-state index in [1.165, 1.54) is 128 Å². The summed E-state index contributed by atoms with van der Waals surface area (Å²) in [5, 5.41) is 0. The van der Waals surface area contributed by atoms with Gasteiger partial charge in [-0.3, -0.25) is 4.99 Å². The van der Waals surface area contributed by atoms with E-state index in [0.29, 0.717) is 0 Å². The third kappa shape index (κ3) is 19.8. The summed E-state index contributed by atoms with van der Waals surface area (Å²) in [4.78, 5) is 4.61. The van der Waals surface area contributed by atoms with Gasteiger partial charge in [0.25, 0.3) is 0 Å². The zero-order chi connectivity index (χ0) is 23.7. The standard InChI is InChI=1S/C31H55NO/c1-3-5-7-9-11-13-14-15-16-17-19-21-27-32-29-30-23-25-31(26-24-30)33-28-22-20-18-12-10-8-6-4-2/h23-26,29H,3-22,27-28H2,1-2H3. The van der Waals surface area contributed by atoms with E-state index in [4.69, 9.17) is 4.74 Å². The molecule has 0 spiro atoms. The van der Waals surface area contributed by atoms with E-state index in [9.17, 15) is 0 Å². The normalized spacial score (nSPS) is 11.5. The molecule has 0 bridgehead atoms. The molecule has 0 aromatic heterocycles. The summed E-state index contributed by atoms with van der Waals surface area (Å²) in [7, 11) is 0. The molecule has 0 aliphatic heterocycles. The highest BCUT2D eigenvalue weighted by molar-refractivity contribution is 5.79. The van der Waals surface area contributed by atoms with Gasteiger partial charge >= 0.3 is 0 Å². The zero-order valence-electron chi connectivity index (χ0n) is 22.3. The van der Waals surface area contributed by atoms with Crippen molar-refractivity contribution in [1.29, 1.82) is 0 Å². The van der Waals surface area contributed by atoms with Crippen molar-refractivity contribution in [3.8, 4) is 5.75 Å². The molecule has 0 saturated carbocycles. The molecule has 2 nitrogen and oxygen atoms in total. The minimum absolute atomic E-state index is 0.835. The lowest BCUT2D eigenvalue weighted by Gasteiger charge is -2.06. The Balaban J connectivity index is 1.92. The van der Waals surface area contributed by atoms with Crippen LogP contribution in [0.15, 0.2) is 29.3 Å². The molecular formula is C31H55NO. The maximum atomic E-state index is 5.89. The molecule has 0 aliphatic carbocycles. The molecule has 0 saturated heterocycles. The molecule has 1 aromatic carbocycles. The first-order valence-electron chi connectivity index (χ1n) is 14.6. The van der Waals surface area contributed by atoms with Crippen molar-refractivity contribution in [1.82, 2.24) is 0 Å². The van der Waals surface area contributed by atoms with E-state index in [-0.39, 0.29) is 0 Å². The number of benzene rings is 1. The van der Waals surface area contributed by atoms with Crippen LogP contribution in [0.3, 0.4) is 0 Å². The smallest absolute Gasteiger partial charge is 0.119 e. The summed E-state index contributed by atoms with van der Waals surface area (Å²) in [6, 6.07) is 8.40. The average Bonchev–Trinajstić information content (AvgIpc) is 2.84. The first kappa shape index (κ1) is 29.7. The molecule has 0 N–H and O–H groups in total. The van der Waals surface area contributed by atoms with Crippen molar-refractivity contribution in [2.24, 2.45) is 4.99 Å². The maximum absolute atomic E-state index is 5.89. The fourth-order valence-electron chi connectivity index (χ4n) is 4.29. The third-order valence-corrected chi connectivity index (χ3v) is 6.53. The molecule has 0 heterocycles. The Morgan fingerprint density at radius 1 is 0.545 bits per heavy atom. The lowest BCUT2D eigenvalue weighted by molar-refractivity contribution is 0.304. The van der Waals surface area contributed by atoms with Gasteiger partial charge in [0.1, 0.15) is 5.75 Å². The van der Waals surface area contributed by atoms with Gasteiger partial charge in [0, 0.05) is 12.8 Å². The number of aliphatic imine (C=N–C) groups is 1. The van der Waals surface area contributed by atoms with Crippen LogP contribution in [-0.4, -0.2) is 19.4 Å². The van der Waals surface area contributed by atoms with Gasteiger partial charge < -0.3 is 4.74 Å². The number of rotatable bonds is 24. The number of nitrogens with zero attached hydrogens (tertiary/aromatic N) is 1. The van der Waals surface area contributed by atoms with Gasteiger partial charge in [0.2, 0.25) is 0 Å². The van der Waals surface area contributed by atoms with E-state index >= 15 is 0 Å². The Labute approximate surface area is 207 Å². The van der Waals surface area contributed by atoms with Gasteiger partial charge in [0.15, 0.2) is 0 Å². The molecular weight excluding hydrogens is 402 g/mol. The number of hydrogen-bond acceptors (Lipinski definition) is 2. The summed E-state index contributed by atoms with van der Waals surface area (Å²) >= 11 is 0. The van der Waals surface area contributed by atoms with Gasteiger partial charge in [-0.1, -0.05) is 129 Å². The van der Waals surface area contributed by atoms with Crippen molar-refractivity contribution in [3.05, 3.63) is 29.8 Å². The Morgan fingerprint density at radius 3 is 1.45 bits per heavy atom. The van der Waals surface area contributed by atoms with E-state index < -0.39 is 0 Å². The first-order valence-corrected chi connectivity index (χ1v) is 14.6. The molecule has 1 rings (SSSR count). The second kappa shape index (κ2) is 23.8. The van der Waals surface area contributed by atoms with Crippen LogP contribution < -0.4 is 4.74 Å². The van der Waals surface area contributed by atoms with Gasteiger partial charge in [0.05, 0.1) is 6.61 Å². The summed E-state index contributed by atoms with van der Waals surface area (Å²) < 4.78 is 5.89. The van der Waals surface area contributed by atoms with Crippen LogP contribution in [0.25, 0.3) is 0 Å². The maximum Gasteiger partial charge on any atom is 0.119 e. The van der Waals surface area contributed by atoms with Gasteiger partial charge in [-0.2, -0.15) is 0 Å². The molecule has 0 aliphatic rings. The molecule has 33 heavy (non-hydrogen) atoms. The van der Waals surface area contributed by atoms with E-state index in [2.05, 4.69) is 43.1 Å². The fraction of sp³-hybridized carbons (Fsp3) is 0.774. The van der Waals surface area contributed by atoms with Crippen LogP contribution in [0.2, 0.25) is 0 Å². The minimum atomic E-state index is 0.835. The van der Waals surface area contributed by atoms with E-state index in [1.807, 2.05) is 6.21 Å². The lowest BCUT2D eigenvalue weighted by atomic mass is 10.1. The van der Waals surface area contributed by atoms with Crippen LogP contribution in [0.4, 0.5) is 0 Å². The van der Waals surface area contributed by atoms with Crippen molar-refractivity contribution < 1.29 is 4.74 Å². The van der Waals surface area contributed by atoms with Crippen molar-refractivity contribution >= 4 is 6.21 Å². The van der Waals surface area contributed by atoms with Gasteiger partial charge in [-0.25, -0.2) is 0 Å². The van der Waals surface area contributed by atoms with Crippen LogP contribution in [-0.2, 0) is 0 Å². The predicted molar refractivity (Wildman–Crippen MR) is 148 cm³/mol.